The molecular formula is C20H17NO3. The maximum atomic E-state index is 11.0. The number of anilines is 1. The van der Waals surface area contributed by atoms with Crippen molar-refractivity contribution >= 4 is 11.7 Å². The molecule has 0 saturated carbocycles. The average Bonchev–Trinajstić information content (AvgIpc) is 2.62. The van der Waals surface area contributed by atoms with Crippen molar-refractivity contribution in [3.63, 3.8) is 0 Å². The summed E-state index contributed by atoms with van der Waals surface area (Å²) >= 11 is 0. The summed E-state index contributed by atoms with van der Waals surface area (Å²) in [6, 6.07) is 22.8. The predicted molar refractivity (Wildman–Crippen MR) is 94.3 cm³/mol. The number of nitrogens with one attached hydrogen (secondary N) is 1. The lowest BCUT2D eigenvalue weighted by atomic mass is 10.0. The molecule has 4 nitrogen and oxygen atoms in total. The molecule has 0 radical (unpaired) electrons. The van der Waals surface area contributed by atoms with Crippen LogP contribution in [0.2, 0.25) is 0 Å². The van der Waals surface area contributed by atoms with Gasteiger partial charge in [-0.15, -0.1) is 0 Å². The average molecular weight is 319 g/mol. The van der Waals surface area contributed by atoms with Crippen molar-refractivity contribution in [1.29, 1.82) is 0 Å². The number of phenols is 1. The second kappa shape index (κ2) is 6.87. The quantitative estimate of drug-likeness (QED) is 0.611. The molecule has 120 valence electrons. The Bertz CT molecular complexity index is 843. The van der Waals surface area contributed by atoms with Crippen LogP contribution in [0, 0.1) is 0 Å². The van der Waals surface area contributed by atoms with E-state index < -0.39 is 5.97 Å². The third-order valence-corrected chi connectivity index (χ3v) is 3.78. The van der Waals surface area contributed by atoms with E-state index in [1.54, 1.807) is 6.07 Å². The van der Waals surface area contributed by atoms with Crippen LogP contribution in [-0.2, 0) is 6.54 Å². The molecule has 0 saturated heterocycles. The van der Waals surface area contributed by atoms with Crippen LogP contribution >= 0.6 is 0 Å². The molecule has 0 bridgehead atoms. The SMILES string of the molecule is O=C(O)c1cc(NCc2ccc(-c3ccccc3)cc2)ccc1O. The normalized spacial score (nSPS) is 10.3. The number of hydrogen-bond donors (Lipinski definition) is 3. The molecular weight excluding hydrogens is 302 g/mol. The van der Waals surface area contributed by atoms with Crippen molar-refractivity contribution < 1.29 is 15.0 Å². The van der Waals surface area contributed by atoms with E-state index in [0.29, 0.717) is 12.2 Å². The molecule has 0 atom stereocenters. The van der Waals surface area contributed by atoms with E-state index >= 15 is 0 Å². The topological polar surface area (TPSA) is 69.6 Å². The Hall–Kier alpha value is -3.27. The number of carbonyl (C=O) groups is 1. The Balaban J connectivity index is 1.69. The van der Waals surface area contributed by atoms with E-state index in [1.807, 2.05) is 30.3 Å². The van der Waals surface area contributed by atoms with Crippen LogP contribution < -0.4 is 5.32 Å². The minimum Gasteiger partial charge on any atom is -0.507 e. The highest BCUT2D eigenvalue weighted by molar-refractivity contribution is 5.92. The van der Waals surface area contributed by atoms with Gasteiger partial charge in [0.25, 0.3) is 0 Å². The lowest BCUT2D eigenvalue weighted by Gasteiger charge is -2.09. The van der Waals surface area contributed by atoms with Crippen LogP contribution in [-0.4, -0.2) is 16.2 Å². The Morgan fingerprint density at radius 1 is 0.875 bits per heavy atom. The maximum absolute atomic E-state index is 11.0. The van der Waals surface area contributed by atoms with Crippen molar-refractivity contribution in [2.24, 2.45) is 0 Å². The summed E-state index contributed by atoms with van der Waals surface area (Å²) in [6.45, 7) is 0.568. The zero-order chi connectivity index (χ0) is 16.9. The molecule has 0 spiro atoms. The van der Waals surface area contributed by atoms with Crippen LogP contribution in [0.1, 0.15) is 15.9 Å². The molecule has 4 heteroatoms. The largest absolute Gasteiger partial charge is 0.507 e. The first-order chi connectivity index (χ1) is 11.6. The number of carboxylic acids is 1. The molecule has 0 fully saturated rings. The van der Waals surface area contributed by atoms with Gasteiger partial charge < -0.3 is 15.5 Å². The molecule has 0 heterocycles. The summed E-state index contributed by atoms with van der Waals surface area (Å²) < 4.78 is 0. The maximum Gasteiger partial charge on any atom is 0.339 e. The van der Waals surface area contributed by atoms with Crippen molar-refractivity contribution in [2.75, 3.05) is 5.32 Å². The molecule has 0 aromatic heterocycles. The van der Waals surface area contributed by atoms with Crippen molar-refractivity contribution in [3.05, 3.63) is 83.9 Å². The molecule has 3 N–H and O–H groups in total. The van der Waals surface area contributed by atoms with Gasteiger partial charge in [-0.3, -0.25) is 0 Å². The van der Waals surface area contributed by atoms with Crippen molar-refractivity contribution in [1.82, 2.24) is 0 Å². The number of aromatic carboxylic acids is 1. The van der Waals surface area contributed by atoms with E-state index in [4.69, 9.17) is 5.11 Å². The fraction of sp³-hybridized carbons (Fsp3) is 0.0500. The third-order valence-electron chi connectivity index (χ3n) is 3.78. The molecule has 3 aromatic carbocycles. The Kier molecular flexibility index (Phi) is 4.47. The van der Waals surface area contributed by atoms with Crippen LogP contribution in [0.5, 0.6) is 5.75 Å². The first-order valence-corrected chi connectivity index (χ1v) is 7.58. The Morgan fingerprint density at radius 2 is 1.54 bits per heavy atom. The Morgan fingerprint density at radius 3 is 2.21 bits per heavy atom. The minimum absolute atomic E-state index is 0.112. The van der Waals surface area contributed by atoms with Crippen LogP contribution in [0.15, 0.2) is 72.8 Å². The zero-order valence-electron chi connectivity index (χ0n) is 12.9. The molecule has 0 aliphatic carbocycles. The van der Waals surface area contributed by atoms with Gasteiger partial charge in [0.05, 0.1) is 0 Å². The zero-order valence-corrected chi connectivity index (χ0v) is 12.9. The first kappa shape index (κ1) is 15.6. The molecule has 3 rings (SSSR count). The smallest absolute Gasteiger partial charge is 0.339 e. The number of aromatic hydroxyl groups is 1. The third kappa shape index (κ3) is 3.55. The summed E-state index contributed by atoms with van der Waals surface area (Å²) in [4.78, 5) is 11.0. The fourth-order valence-electron chi connectivity index (χ4n) is 2.47. The highest BCUT2D eigenvalue weighted by atomic mass is 16.4. The van der Waals surface area contributed by atoms with Crippen molar-refractivity contribution in [3.8, 4) is 16.9 Å². The Labute approximate surface area is 140 Å². The number of hydrogen-bond acceptors (Lipinski definition) is 3. The van der Waals surface area contributed by atoms with Gasteiger partial charge in [0.1, 0.15) is 11.3 Å². The van der Waals surface area contributed by atoms with Crippen LogP contribution in [0.3, 0.4) is 0 Å². The summed E-state index contributed by atoms with van der Waals surface area (Å²) in [5.74, 6) is -1.39. The van der Waals surface area contributed by atoms with E-state index in [9.17, 15) is 9.90 Å². The lowest BCUT2D eigenvalue weighted by molar-refractivity contribution is 0.0694. The molecule has 3 aromatic rings. The van der Waals surface area contributed by atoms with Crippen LogP contribution in [0.25, 0.3) is 11.1 Å². The molecule has 0 aliphatic heterocycles. The lowest BCUT2D eigenvalue weighted by Crippen LogP contribution is -2.02. The van der Waals surface area contributed by atoms with Gasteiger partial charge in [-0.2, -0.15) is 0 Å². The van der Waals surface area contributed by atoms with E-state index in [1.165, 1.54) is 17.7 Å². The molecule has 0 amide bonds. The van der Waals surface area contributed by atoms with Crippen LogP contribution in [0.4, 0.5) is 5.69 Å². The van der Waals surface area contributed by atoms with Gasteiger partial charge in [-0.25, -0.2) is 4.79 Å². The second-order valence-corrected chi connectivity index (χ2v) is 5.45. The fourth-order valence-corrected chi connectivity index (χ4v) is 2.47. The molecule has 24 heavy (non-hydrogen) atoms. The number of carboxylic acid groups (broad SMARTS) is 1. The van der Waals surface area contributed by atoms with Gasteiger partial charge >= 0.3 is 5.97 Å². The second-order valence-electron chi connectivity index (χ2n) is 5.45. The van der Waals surface area contributed by atoms with E-state index in [-0.39, 0.29) is 11.3 Å². The highest BCUT2D eigenvalue weighted by Crippen LogP contribution is 2.23. The standard InChI is InChI=1S/C20H17NO3/c22-19-11-10-17(12-18(19)20(23)24)21-13-14-6-8-16(9-7-14)15-4-2-1-3-5-15/h1-12,21-22H,13H2,(H,23,24). The summed E-state index contributed by atoms with van der Waals surface area (Å²) in [5.41, 5.74) is 3.94. The van der Waals surface area contributed by atoms with Gasteiger partial charge in [-0.1, -0.05) is 54.6 Å². The monoisotopic (exact) mass is 319 g/mol. The summed E-state index contributed by atoms with van der Waals surface area (Å²) in [6.07, 6.45) is 0. The van der Waals surface area contributed by atoms with Gasteiger partial charge in [0.15, 0.2) is 0 Å². The predicted octanol–water partition coefficient (Wildman–Crippen LogP) is 4.37. The molecule has 0 unspecified atom stereocenters. The number of benzene rings is 3. The van der Waals surface area contributed by atoms with Gasteiger partial charge in [0, 0.05) is 12.2 Å². The highest BCUT2D eigenvalue weighted by Gasteiger charge is 2.09. The molecule has 0 aliphatic rings. The van der Waals surface area contributed by atoms with E-state index in [2.05, 4.69) is 29.6 Å². The van der Waals surface area contributed by atoms with Crippen molar-refractivity contribution in [2.45, 2.75) is 6.54 Å². The minimum atomic E-state index is -1.15. The summed E-state index contributed by atoms with van der Waals surface area (Å²) in [5, 5.41) is 21.7. The number of rotatable bonds is 5. The van der Waals surface area contributed by atoms with Gasteiger partial charge in [0.2, 0.25) is 0 Å². The van der Waals surface area contributed by atoms with Gasteiger partial charge in [-0.05, 0) is 34.9 Å². The first-order valence-electron chi connectivity index (χ1n) is 7.58. The summed E-state index contributed by atoms with van der Waals surface area (Å²) in [7, 11) is 0. The van der Waals surface area contributed by atoms with E-state index in [0.717, 1.165) is 11.1 Å².